The van der Waals surface area contributed by atoms with Crippen LogP contribution in [0.15, 0.2) is 63.7 Å². The number of benzene rings is 2. The molecule has 0 saturated heterocycles. The molecule has 0 unspecified atom stereocenters. The third-order valence-corrected chi connectivity index (χ3v) is 4.03. The molecule has 0 saturated carbocycles. The Kier molecular flexibility index (Phi) is 4.59. The zero-order valence-corrected chi connectivity index (χ0v) is 13.6. The van der Waals surface area contributed by atoms with Crippen molar-refractivity contribution in [2.24, 2.45) is 0 Å². The van der Waals surface area contributed by atoms with Gasteiger partial charge in [0, 0.05) is 22.8 Å². The monoisotopic (exact) mass is 357 g/mol. The summed E-state index contributed by atoms with van der Waals surface area (Å²) < 4.78 is 6.40. The fourth-order valence-corrected chi connectivity index (χ4v) is 2.80. The van der Waals surface area contributed by atoms with Gasteiger partial charge in [-0.2, -0.15) is 0 Å². The predicted octanol–water partition coefficient (Wildman–Crippen LogP) is 4.44. The third-order valence-electron chi connectivity index (χ3n) is 3.54. The molecule has 3 aromatic rings. The molecule has 1 amide bonds. The van der Waals surface area contributed by atoms with Crippen LogP contribution in [0.25, 0.3) is 11.0 Å². The highest BCUT2D eigenvalue weighted by Gasteiger charge is 2.04. The van der Waals surface area contributed by atoms with Gasteiger partial charge in [-0.3, -0.25) is 4.79 Å². The predicted molar refractivity (Wildman–Crippen MR) is 90.5 cm³/mol. The molecule has 4 heteroatoms. The molecule has 0 spiro atoms. The Morgan fingerprint density at radius 2 is 2.00 bits per heavy atom. The van der Waals surface area contributed by atoms with Gasteiger partial charge in [-0.25, -0.2) is 0 Å². The molecule has 0 radical (unpaired) electrons. The van der Waals surface area contributed by atoms with Crippen molar-refractivity contribution in [3.8, 4) is 0 Å². The highest BCUT2D eigenvalue weighted by molar-refractivity contribution is 9.10. The van der Waals surface area contributed by atoms with E-state index in [0.717, 1.165) is 33.0 Å². The number of furan rings is 1. The Bertz CT molecular complexity index is 794. The Balaban J connectivity index is 1.51. The number of aryl methyl sites for hydroxylation is 1. The van der Waals surface area contributed by atoms with Gasteiger partial charge in [0.25, 0.3) is 0 Å². The minimum Gasteiger partial charge on any atom is -0.464 e. The molecule has 3 rings (SSSR count). The van der Waals surface area contributed by atoms with Gasteiger partial charge >= 0.3 is 0 Å². The molecule has 0 aliphatic carbocycles. The topological polar surface area (TPSA) is 42.2 Å². The first-order chi connectivity index (χ1) is 10.7. The summed E-state index contributed by atoms with van der Waals surface area (Å²) in [5.41, 5.74) is 3.04. The summed E-state index contributed by atoms with van der Waals surface area (Å²) in [7, 11) is 0. The van der Waals surface area contributed by atoms with Gasteiger partial charge in [0.15, 0.2) is 0 Å². The van der Waals surface area contributed by atoms with E-state index >= 15 is 0 Å². The van der Waals surface area contributed by atoms with Crippen LogP contribution in [0.5, 0.6) is 0 Å². The number of rotatable bonds is 5. The van der Waals surface area contributed by atoms with Crippen molar-refractivity contribution in [3.05, 3.63) is 70.4 Å². The molecule has 0 aliphatic rings. The summed E-state index contributed by atoms with van der Waals surface area (Å²) in [4.78, 5) is 11.9. The second kappa shape index (κ2) is 6.79. The van der Waals surface area contributed by atoms with Crippen molar-refractivity contribution in [1.82, 2.24) is 5.32 Å². The largest absolute Gasteiger partial charge is 0.464 e. The lowest BCUT2D eigenvalue weighted by Gasteiger charge is -2.06. The van der Waals surface area contributed by atoms with Crippen molar-refractivity contribution in [1.29, 1.82) is 0 Å². The fraction of sp³-hybridized carbons (Fsp3) is 0.167. The molecule has 0 bridgehead atoms. The van der Waals surface area contributed by atoms with E-state index in [4.69, 9.17) is 4.42 Å². The number of carbonyl (C=O) groups is 1. The highest BCUT2D eigenvalue weighted by Crippen LogP contribution is 2.17. The Labute approximate surface area is 137 Å². The lowest BCUT2D eigenvalue weighted by Crippen LogP contribution is -2.22. The highest BCUT2D eigenvalue weighted by atomic mass is 79.9. The standard InChI is InChI=1S/C18H16BrNO2/c19-16-3-1-2-13(10-16)5-7-18(21)20-12-14-4-6-15-8-9-22-17(15)11-14/h1-4,6,8-11H,5,7,12H2,(H,20,21). The molecule has 3 nitrogen and oxygen atoms in total. The van der Waals surface area contributed by atoms with Gasteiger partial charge < -0.3 is 9.73 Å². The first-order valence-corrected chi connectivity index (χ1v) is 7.97. The minimum absolute atomic E-state index is 0.0551. The normalized spacial score (nSPS) is 10.8. The Morgan fingerprint density at radius 3 is 2.86 bits per heavy atom. The number of halogens is 1. The summed E-state index contributed by atoms with van der Waals surface area (Å²) in [6, 6.07) is 15.9. The average molecular weight is 358 g/mol. The average Bonchev–Trinajstić information content (AvgIpc) is 2.98. The number of hydrogen-bond donors (Lipinski definition) is 1. The van der Waals surface area contributed by atoms with Gasteiger partial charge in [0.1, 0.15) is 5.58 Å². The van der Waals surface area contributed by atoms with Crippen LogP contribution in [0.2, 0.25) is 0 Å². The molecule has 2 aromatic carbocycles. The zero-order chi connectivity index (χ0) is 15.4. The third kappa shape index (κ3) is 3.77. The van der Waals surface area contributed by atoms with E-state index in [1.807, 2.05) is 48.5 Å². The van der Waals surface area contributed by atoms with E-state index in [9.17, 15) is 4.79 Å². The maximum atomic E-state index is 11.9. The molecule has 0 atom stereocenters. The van der Waals surface area contributed by atoms with Crippen LogP contribution < -0.4 is 5.32 Å². The molecule has 0 fully saturated rings. The van der Waals surface area contributed by atoms with Crippen molar-refractivity contribution < 1.29 is 9.21 Å². The van der Waals surface area contributed by atoms with Crippen LogP contribution >= 0.6 is 15.9 Å². The van der Waals surface area contributed by atoms with E-state index in [0.29, 0.717) is 13.0 Å². The summed E-state index contributed by atoms with van der Waals surface area (Å²) in [6.07, 6.45) is 2.90. The second-order valence-electron chi connectivity index (χ2n) is 5.20. The second-order valence-corrected chi connectivity index (χ2v) is 6.12. The molecular weight excluding hydrogens is 342 g/mol. The quantitative estimate of drug-likeness (QED) is 0.733. The van der Waals surface area contributed by atoms with Crippen molar-refractivity contribution in [2.75, 3.05) is 0 Å². The van der Waals surface area contributed by atoms with Gasteiger partial charge in [-0.15, -0.1) is 0 Å². The van der Waals surface area contributed by atoms with Crippen LogP contribution in [0, 0.1) is 0 Å². The van der Waals surface area contributed by atoms with Gasteiger partial charge in [0.05, 0.1) is 6.26 Å². The van der Waals surface area contributed by atoms with E-state index in [1.165, 1.54) is 0 Å². The first kappa shape index (κ1) is 14.9. The van der Waals surface area contributed by atoms with E-state index < -0.39 is 0 Å². The maximum absolute atomic E-state index is 11.9. The zero-order valence-electron chi connectivity index (χ0n) is 12.0. The molecule has 1 heterocycles. The number of amides is 1. The summed E-state index contributed by atoms with van der Waals surface area (Å²) in [5, 5.41) is 4.02. The first-order valence-electron chi connectivity index (χ1n) is 7.18. The van der Waals surface area contributed by atoms with E-state index in [2.05, 4.69) is 21.2 Å². The summed E-state index contributed by atoms with van der Waals surface area (Å²) in [6.45, 7) is 0.522. The maximum Gasteiger partial charge on any atom is 0.220 e. The SMILES string of the molecule is O=C(CCc1cccc(Br)c1)NCc1ccc2ccoc2c1. The van der Waals surface area contributed by atoms with Crippen LogP contribution in [-0.2, 0) is 17.8 Å². The number of carbonyl (C=O) groups excluding carboxylic acids is 1. The van der Waals surface area contributed by atoms with Crippen molar-refractivity contribution >= 4 is 32.8 Å². The van der Waals surface area contributed by atoms with E-state index in [-0.39, 0.29) is 5.91 Å². The summed E-state index contributed by atoms with van der Waals surface area (Å²) >= 11 is 3.44. The molecule has 112 valence electrons. The van der Waals surface area contributed by atoms with Gasteiger partial charge in [-0.05, 0) is 41.8 Å². The number of nitrogens with one attached hydrogen (secondary N) is 1. The molecule has 22 heavy (non-hydrogen) atoms. The Morgan fingerprint density at radius 1 is 1.09 bits per heavy atom. The Hall–Kier alpha value is -2.07. The summed E-state index contributed by atoms with van der Waals surface area (Å²) in [5.74, 6) is 0.0551. The van der Waals surface area contributed by atoms with Gasteiger partial charge in [-0.1, -0.05) is 40.2 Å². The van der Waals surface area contributed by atoms with Crippen molar-refractivity contribution in [3.63, 3.8) is 0 Å². The fourth-order valence-electron chi connectivity index (χ4n) is 2.35. The number of fused-ring (bicyclic) bond motifs is 1. The van der Waals surface area contributed by atoms with Gasteiger partial charge in [0.2, 0.25) is 5.91 Å². The van der Waals surface area contributed by atoms with Crippen LogP contribution in [0.4, 0.5) is 0 Å². The number of hydrogen-bond acceptors (Lipinski definition) is 2. The molecular formula is C18H16BrNO2. The minimum atomic E-state index is 0.0551. The molecule has 1 N–H and O–H groups in total. The van der Waals surface area contributed by atoms with Crippen LogP contribution in [-0.4, -0.2) is 5.91 Å². The van der Waals surface area contributed by atoms with Crippen LogP contribution in [0.3, 0.4) is 0 Å². The smallest absolute Gasteiger partial charge is 0.220 e. The lowest BCUT2D eigenvalue weighted by atomic mass is 10.1. The van der Waals surface area contributed by atoms with Crippen molar-refractivity contribution in [2.45, 2.75) is 19.4 Å². The van der Waals surface area contributed by atoms with Crippen LogP contribution in [0.1, 0.15) is 17.5 Å². The lowest BCUT2D eigenvalue weighted by molar-refractivity contribution is -0.121. The molecule has 0 aliphatic heterocycles. The molecule has 1 aromatic heterocycles. The van der Waals surface area contributed by atoms with E-state index in [1.54, 1.807) is 6.26 Å².